The van der Waals surface area contributed by atoms with Crippen molar-refractivity contribution in [2.45, 2.75) is 43.6 Å². The summed E-state index contributed by atoms with van der Waals surface area (Å²) in [6.07, 6.45) is 0.673. The van der Waals surface area contributed by atoms with Crippen LogP contribution in [0.1, 0.15) is 25.6 Å². The number of aliphatic hydroxyl groups is 2. The molecule has 0 bridgehead atoms. The Bertz CT molecular complexity index is 520. The highest BCUT2D eigenvalue weighted by Gasteiger charge is 2.42. The Labute approximate surface area is 133 Å². The summed E-state index contributed by atoms with van der Waals surface area (Å²) in [5, 5.41) is 27.0. The summed E-state index contributed by atoms with van der Waals surface area (Å²) in [5.74, 6) is 1.84. The van der Waals surface area contributed by atoms with E-state index in [1.807, 2.05) is 11.8 Å². The fourth-order valence-corrected chi connectivity index (χ4v) is 4.05. The quantitative estimate of drug-likeness (QED) is 0.676. The number of carbonyl (C=O) groups excluding carboxylic acids is 1. The van der Waals surface area contributed by atoms with Crippen molar-refractivity contribution in [3.05, 3.63) is 5.82 Å². The second-order valence-electron chi connectivity index (χ2n) is 6.13. The minimum absolute atomic E-state index is 0.0752. The monoisotopic (exact) mass is 326 g/mol. The molecule has 2 aliphatic rings. The molecule has 3 N–H and O–H groups in total. The van der Waals surface area contributed by atoms with E-state index < -0.39 is 12.2 Å². The molecule has 0 aromatic carbocycles. The second-order valence-corrected chi connectivity index (χ2v) is 7.07. The van der Waals surface area contributed by atoms with E-state index in [0.29, 0.717) is 48.7 Å². The van der Waals surface area contributed by atoms with Gasteiger partial charge in [0.15, 0.2) is 0 Å². The summed E-state index contributed by atoms with van der Waals surface area (Å²) in [4.78, 5) is 18.4. The van der Waals surface area contributed by atoms with E-state index in [0.717, 1.165) is 12.2 Å². The number of likely N-dealkylation sites (tertiary alicyclic amines) is 1. The predicted molar refractivity (Wildman–Crippen MR) is 81.3 cm³/mol. The van der Waals surface area contributed by atoms with E-state index in [1.165, 1.54) is 11.8 Å². The average molecular weight is 326 g/mol. The van der Waals surface area contributed by atoms with E-state index in [1.54, 1.807) is 0 Å². The fourth-order valence-electron chi connectivity index (χ4n) is 3.33. The van der Waals surface area contributed by atoms with Crippen LogP contribution in [0.15, 0.2) is 5.16 Å². The van der Waals surface area contributed by atoms with Crippen molar-refractivity contribution in [3.63, 3.8) is 0 Å². The highest BCUT2D eigenvalue weighted by atomic mass is 32.2. The van der Waals surface area contributed by atoms with Gasteiger partial charge in [-0.2, -0.15) is 0 Å². The molecule has 1 amide bonds. The number of amides is 1. The second kappa shape index (κ2) is 6.55. The topological polar surface area (TPSA) is 102 Å². The molecule has 0 radical (unpaired) electrons. The lowest BCUT2D eigenvalue weighted by atomic mass is 9.79. The van der Waals surface area contributed by atoms with Gasteiger partial charge in [-0.05, 0) is 24.7 Å². The van der Waals surface area contributed by atoms with Crippen LogP contribution in [0, 0.1) is 11.8 Å². The van der Waals surface area contributed by atoms with Crippen molar-refractivity contribution in [1.82, 2.24) is 20.1 Å². The number of hydrogen-bond acceptors (Lipinski definition) is 6. The van der Waals surface area contributed by atoms with E-state index in [9.17, 15) is 15.0 Å². The zero-order valence-corrected chi connectivity index (χ0v) is 13.4. The maximum absolute atomic E-state index is 12.3. The lowest BCUT2D eigenvalue weighted by Gasteiger charge is -2.31. The highest BCUT2D eigenvalue weighted by molar-refractivity contribution is 7.99. The van der Waals surface area contributed by atoms with Gasteiger partial charge in [-0.25, -0.2) is 4.98 Å². The van der Waals surface area contributed by atoms with Gasteiger partial charge in [0.05, 0.1) is 18.0 Å². The number of carbonyl (C=O) groups is 1. The van der Waals surface area contributed by atoms with E-state index in [-0.39, 0.29) is 5.91 Å². The van der Waals surface area contributed by atoms with Crippen molar-refractivity contribution in [2.75, 3.05) is 18.8 Å². The number of rotatable bonds is 4. The zero-order chi connectivity index (χ0) is 15.7. The van der Waals surface area contributed by atoms with Crippen molar-refractivity contribution < 1.29 is 15.0 Å². The standard InChI is InChI=1S/C14H22N4O3S/c1-2-12-15-14(17-16-12)22-7-13(21)18-5-8-3-10(19)11(20)4-9(8)6-18/h8-11,19-20H,2-7H2,1H3,(H,15,16,17)/t8-,9+,10+,11-. The van der Waals surface area contributed by atoms with Gasteiger partial charge in [-0.15, -0.1) is 5.10 Å². The van der Waals surface area contributed by atoms with Crippen molar-refractivity contribution in [1.29, 1.82) is 0 Å². The van der Waals surface area contributed by atoms with Crippen LogP contribution in [-0.4, -0.2) is 67.3 Å². The third kappa shape index (κ3) is 3.28. The molecule has 2 fully saturated rings. The van der Waals surface area contributed by atoms with Crippen LogP contribution in [0.5, 0.6) is 0 Å². The van der Waals surface area contributed by atoms with Gasteiger partial charge in [0.2, 0.25) is 11.1 Å². The van der Waals surface area contributed by atoms with Crippen LogP contribution < -0.4 is 0 Å². The van der Waals surface area contributed by atoms with Crippen LogP contribution >= 0.6 is 11.8 Å². The van der Waals surface area contributed by atoms with Crippen molar-refractivity contribution >= 4 is 17.7 Å². The van der Waals surface area contributed by atoms with Crippen LogP contribution in [0.2, 0.25) is 0 Å². The maximum Gasteiger partial charge on any atom is 0.233 e. The SMILES string of the molecule is CCc1nc(SCC(=O)N2C[C@H]3C[C@H](O)[C@H](O)C[C@H]3C2)n[nH]1. The first-order chi connectivity index (χ1) is 10.6. The van der Waals surface area contributed by atoms with Crippen molar-refractivity contribution in [3.8, 4) is 0 Å². The largest absolute Gasteiger partial charge is 0.390 e. The summed E-state index contributed by atoms with van der Waals surface area (Å²) < 4.78 is 0. The number of thioether (sulfide) groups is 1. The van der Waals surface area contributed by atoms with Crippen LogP contribution in [0.25, 0.3) is 0 Å². The van der Waals surface area contributed by atoms with E-state index in [2.05, 4.69) is 15.2 Å². The molecule has 1 aromatic heterocycles. The highest BCUT2D eigenvalue weighted by Crippen LogP contribution is 2.36. The molecule has 4 atom stereocenters. The van der Waals surface area contributed by atoms with Gasteiger partial charge >= 0.3 is 0 Å². The summed E-state index contributed by atoms with van der Waals surface area (Å²) in [6, 6.07) is 0. The Morgan fingerprint density at radius 3 is 2.50 bits per heavy atom. The van der Waals surface area contributed by atoms with Gasteiger partial charge < -0.3 is 15.1 Å². The van der Waals surface area contributed by atoms with Crippen LogP contribution in [-0.2, 0) is 11.2 Å². The summed E-state index contributed by atoms with van der Waals surface area (Å²) in [5.41, 5.74) is 0. The first kappa shape index (κ1) is 15.8. The molecule has 1 aromatic rings. The fraction of sp³-hybridized carbons (Fsp3) is 0.786. The zero-order valence-electron chi connectivity index (χ0n) is 12.6. The molecule has 1 aliphatic heterocycles. The summed E-state index contributed by atoms with van der Waals surface area (Å²) in [6.45, 7) is 3.36. The number of nitrogens with zero attached hydrogens (tertiary/aromatic N) is 3. The number of H-pyrrole nitrogens is 1. The van der Waals surface area contributed by atoms with Gasteiger partial charge in [0.25, 0.3) is 0 Å². The number of nitrogens with one attached hydrogen (secondary N) is 1. The molecule has 2 heterocycles. The van der Waals surface area contributed by atoms with E-state index in [4.69, 9.17) is 0 Å². The molecular weight excluding hydrogens is 304 g/mol. The molecule has 8 heteroatoms. The van der Waals surface area contributed by atoms with Crippen molar-refractivity contribution in [2.24, 2.45) is 11.8 Å². The minimum atomic E-state index is -0.647. The molecule has 3 rings (SSSR count). The number of aryl methyl sites for hydroxylation is 1. The number of aromatic nitrogens is 3. The van der Waals surface area contributed by atoms with Gasteiger partial charge in [-0.3, -0.25) is 9.89 Å². The third-order valence-corrected chi connectivity index (χ3v) is 5.46. The Kier molecular flexibility index (Phi) is 4.70. The van der Waals surface area contributed by atoms with Gasteiger partial charge in [0, 0.05) is 19.5 Å². The minimum Gasteiger partial charge on any atom is -0.390 e. The van der Waals surface area contributed by atoms with Crippen LogP contribution in [0.3, 0.4) is 0 Å². The molecule has 1 saturated heterocycles. The molecule has 1 saturated carbocycles. The molecule has 122 valence electrons. The molecule has 0 spiro atoms. The number of aromatic amines is 1. The Morgan fingerprint density at radius 1 is 1.32 bits per heavy atom. The molecule has 0 unspecified atom stereocenters. The first-order valence-electron chi connectivity index (χ1n) is 7.74. The van der Waals surface area contributed by atoms with Gasteiger partial charge in [0.1, 0.15) is 5.82 Å². The third-order valence-electron chi connectivity index (χ3n) is 4.63. The number of hydrogen-bond donors (Lipinski definition) is 3. The number of aliphatic hydroxyl groups excluding tert-OH is 2. The normalized spacial score (nSPS) is 31.3. The molecular formula is C14H22N4O3S. The van der Waals surface area contributed by atoms with E-state index >= 15 is 0 Å². The average Bonchev–Trinajstić information content (AvgIpc) is 3.11. The lowest BCUT2D eigenvalue weighted by molar-refractivity contribution is -0.127. The van der Waals surface area contributed by atoms with Gasteiger partial charge in [-0.1, -0.05) is 18.7 Å². The smallest absolute Gasteiger partial charge is 0.233 e. The first-order valence-corrected chi connectivity index (χ1v) is 8.73. The molecule has 22 heavy (non-hydrogen) atoms. The Morgan fingerprint density at radius 2 is 1.95 bits per heavy atom. The summed E-state index contributed by atoms with van der Waals surface area (Å²) in [7, 11) is 0. The lowest BCUT2D eigenvalue weighted by Crippen LogP contribution is -2.38. The predicted octanol–water partition coefficient (Wildman–Crippen LogP) is 0.0494. The molecule has 7 nitrogen and oxygen atoms in total. The maximum atomic E-state index is 12.3. The molecule has 1 aliphatic carbocycles. The summed E-state index contributed by atoms with van der Waals surface area (Å²) >= 11 is 1.34. The van der Waals surface area contributed by atoms with Crippen LogP contribution in [0.4, 0.5) is 0 Å². The number of fused-ring (bicyclic) bond motifs is 1. The Balaban J connectivity index is 1.51. The Hall–Kier alpha value is -1.12.